The van der Waals surface area contributed by atoms with Gasteiger partial charge in [-0.2, -0.15) is 0 Å². The summed E-state index contributed by atoms with van der Waals surface area (Å²) in [6.45, 7) is 10.5. The van der Waals surface area contributed by atoms with E-state index in [0.717, 1.165) is 25.9 Å². The van der Waals surface area contributed by atoms with Crippen molar-refractivity contribution >= 4 is 0 Å². The Hall–Kier alpha value is -0.860. The van der Waals surface area contributed by atoms with Crippen LogP contribution in [0, 0.1) is 13.8 Å². The highest BCUT2D eigenvalue weighted by molar-refractivity contribution is 5.29. The molecule has 0 aromatic heterocycles. The van der Waals surface area contributed by atoms with Crippen LogP contribution in [0.5, 0.6) is 0 Å². The summed E-state index contributed by atoms with van der Waals surface area (Å²) >= 11 is 0. The second-order valence-corrected chi connectivity index (χ2v) is 5.41. The molecule has 0 bridgehead atoms. The zero-order chi connectivity index (χ0) is 13.8. The Bertz CT molecular complexity index is 372. The standard InChI is InChI=1S/C16H28N2/c1-6-16(7-2,12-17)18(5)11-15-9-8-13(3)14(4)10-15/h8-10H,6-7,11-12,17H2,1-5H3. The molecule has 0 heterocycles. The van der Waals surface area contributed by atoms with Crippen LogP contribution in [-0.2, 0) is 6.54 Å². The maximum absolute atomic E-state index is 6.00. The Labute approximate surface area is 112 Å². The van der Waals surface area contributed by atoms with E-state index < -0.39 is 0 Å². The van der Waals surface area contributed by atoms with Crippen LogP contribution in [0.25, 0.3) is 0 Å². The summed E-state index contributed by atoms with van der Waals surface area (Å²) in [5, 5.41) is 0. The lowest BCUT2D eigenvalue weighted by Crippen LogP contribution is -2.50. The fraction of sp³-hybridized carbons (Fsp3) is 0.625. The molecule has 0 saturated heterocycles. The fourth-order valence-corrected chi connectivity index (χ4v) is 2.58. The van der Waals surface area contributed by atoms with Crippen LogP contribution in [0.4, 0.5) is 0 Å². The lowest BCUT2D eigenvalue weighted by atomic mass is 9.90. The van der Waals surface area contributed by atoms with Gasteiger partial charge < -0.3 is 5.73 Å². The first-order valence-corrected chi connectivity index (χ1v) is 6.96. The zero-order valence-corrected chi connectivity index (χ0v) is 12.6. The molecule has 102 valence electrons. The van der Waals surface area contributed by atoms with Crippen molar-refractivity contribution in [1.82, 2.24) is 4.90 Å². The van der Waals surface area contributed by atoms with E-state index in [4.69, 9.17) is 5.73 Å². The summed E-state index contributed by atoms with van der Waals surface area (Å²) in [4.78, 5) is 2.41. The first-order valence-electron chi connectivity index (χ1n) is 6.96. The lowest BCUT2D eigenvalue weighted by Gasteiger charge is -2.40. The SMILES string of the molecule is CCC(CC)(CN)N(C)Cc1ccc(C)c(C)c1. The van der Waals surface area contributed by atoms with Crippen molar-refractivity contribution in [1.29, 1.82) is 0 Å². The minimum atomic E-state index is 0.138. The monoisotopic (exact) mass is 248 g/mol. The number of benzene rings is 1. The quantitative estimate of drug-likeness (QED) is 0.837. The molecule has 0 spiro atoms. The minimum Gasteiger partial charge on any atom is -0.329 e. The van der Waals surface area contributed by atoms with Crippen LogP contribution in [0.1, 0.15) is 43.4 Å². The van der Waals surface area contributed by atoms with E-state index in [-0.39, 0.29) is 5.54 Å². The third kappa shape index (κ3) is 3.12. The molecule has 0 radical (unpaired) electrons. The highest BCUT2D eigenvalue weighted by atomic mass is 15.2. The van der Waals surface area contributed by atoms with E-state index in [1.54, 1.807) is 0 Å². The van der Waals surface area contributed by atoms with E-state index in [1.165, 1.54) is 16.7 Å². The largest absolute Gasteiger partial charge is 0.329 e. The number of nitrogens with zero attached hydrogens (tertiary/aromatic N) is 1. The molecular formula is C16H28N2. The molecule has 0 amide bonds. The van der Waals surface area contributed by atoms with Gasteiger partial charge in [0.2, 0.25) is 0 Å². The fourth-order valence-electron chi connectivity index (χ4n) is 2.58. The summed E-state index contributed by atoms with van der Waals surface area (Å²) in [7, 11) is 2.19. The van der Waals surface area contributed by atoms with Gasteiger partial charge in [-0.15, -0.1) is 0 Å². The molecule has 18 heavy (non-hydrogen) atoms. The highest BCUT2D eigenvalue weighted by Gasteiger charge is 2.29. The van der Waals surface area contributed by atoms with E-state index in [2.05, 4.69) is 57.8 Å². The molecule has 0 aliphatic carbocycles. The van der Waals surface area contributed by atoms with Crippen LogP contribution in [0.3, 0.4) is 0 Å². The lowest BCUT2D eigenvalue weighted by molar-refractivity contribution is 0.108. The van der Waals surface area contributed by atoms with Crippen LogP contribution >= 0.6 is 0 Å². The molecule has 0 fully saturated rings. The van der Waals surface area contributed by atoms with E-state index in [9.17, 15) is 0 Å². The number of hydrogen-bond donors (Lipinski definition) is 1. The van der Waals surface area contributed by atoms with Gasteiger partial charge in [-0.3, -0.25) is 4.90 Å². The molecular weight excluding hydrogens is 220 g/mol. The molecule has 0 aliphatic heterocycles. The van der Waals surface area contributed by atoms with Crippen LogP contribution in [-0.4, -0.2) is 24.0 Å². The summed E-state index contributed by atoms with van der Waals surface area (Å²) in [5.41, 5.74) is 10.2. The number of likely N-dealkylation sites (N-methyl/N-ethyl adjacent to an activating group) is 1. The van der Waals surface area contributed by atoms with Crippen molar-refractivity contribution < 1.29 is 0 Å². The van der Waals surface area contributed by atoms with E-state index >= 15 is 0 Å². The Balaban J connectivity index is 2.85. The van der Waals surface area contributed by atoms with Gasteiger partial charge in [-0.05, 0) is 50.4 Å². The van der Waals surface area contributed by atoms with Crippen molar-refractivity contribution in [3.8, 4) is 0 Å². The van der Waals surface area contributed by atoms with Crippen molar-refractivity contribution in [2.75, 3.05) is 13.6 Å². The van der Waals surface area contributed by atoms with Crippen molar-refractivity contribution in [2.45, 2.75) is 52.6 Å². The molecule has 0 atom stereocenters. The third-order valence-electron chi connectivity index (χ3n) is 4.50. The summed E-state index contributed by atoms with van der Waals surface area (Å²) in [6, 6.07) is 6.73. The molecule has 2 nitrogen and oxygen atoms in total. The molecule has 1 aromatic rings. The first kappa shape index (κ1) is 15.2. The summed E-state index contributed by atoms with van der Waals surface area (Å²) < 4.78 is 0. The average Bonchev–Trinajstić information content (AvgIpc) is 2.37. The minimum absolute atomic E-state index is 0.138. The van der Waals surface area contributed by atoms with Gasteiger partial charge in [0.15, 0.2) is 0 Å². The molecule has 1 rings (SSSR count). The summed E-state index contributed by atoms with van der Waals surface area (Å²) in [6.07, 6.45) is 2.20. The predicted octanol–water partition coefficient (Wildman–Crippen LogP) is 3.25. The molecule has 2 heteroatoms. The molecule has 0 unspecified atom stereocenters. The molecule has 2 N–H and O–H groups in total. The van der Waals surface area contributed by atoms with Crippen LogP contribution in [0.15, 0.2) is 18.2 Å². The van der Waals surface area contributed by atoms with Crippen molar-refractivity contribution in [3.05, 3.63) is 34.9 Å². The van der Waals surface area contributed by atoms with Gasteiger partial charge in [-0.1, -0.05) is 32.0 Å². The zero-order valence-electron chi connectivity index (χ0n) is 12.6. The van der Waals surface area contributed by atoms with Gasteiger partial charge in [0.25, 0.3) is 0 Å². The molecule has 1 aromatic carbocycles. The molecule has 0 saturated carbocycles. The number of hydrogen-bond acceptors (Lipinski definition) is 2. The van der Waals surface area contributed by atoms with Gasteiger partial charge in [0.1, 0.15) is 0 Å². The van der Waals surface area contributed by atoms with Gasteiger partial charge in [0, 0.05) is 18.6 Å². The van der Waals surface area contributed by atoms with Gasteiger partial charge >= 0.3 is 0 Å². The number of aryl methyl sites for hydroxylation is 2. The van der Waals surface area contributed by atoms with Gasteiger partial charge in [-0.25, -0.2) is 0 Å². The van der Waals surface area contributed by atoms with E-state index in [1.807, 2.05) is 0 Å². The molecule has 0 aliphatic rings. The maximum atomic E-state index is 6.00. The normalized spacial score (nSPS) is 12.2. The number of rotatable bonds is 6. The number of nitrogens with two attached hydrogens (primary N) is 1. The predicted molar refractivity (Wildman–Crippen MR) is 79.8 cm³/mol. The third-order valence-corrected chi connectivity index (χ3v) is 4.50. The first-order chi connectivity index (χ1) is 8.49. The average molecular weight is 248 g/mol. The topological polar surface area (TPSA) is 29.3 Å². The Morgan fingerprint density at radius 1 is 1.11 bits per heavy atom. The maximum Gasteiger partial charge on any atom is 0.0327 e. The smallest absolute Gasteiger partial charge is 0.0327 e. The van der Waals surface area contributed by atoms with Gasteiger partial charge in [0.05, 0.1) is 0 Å². The van der Waals surface area contributed by atoms with Crippen molar-refractivity contribution in [2.24, 2.45) is 5.73 Å². The Morgan fingerprint density at radius 3 is 2.17 bits per heavy atom. The van der Waals surface area contributed by atoms with Crippen LogP contribution < -0.4 is 5.73 Å². The van der Waals surface area contributed by atoms with E-state index in [0.29, 0.717) is 0 Å². The summed E-state index contributed by atoms with van der Waals surface area (Å²) in [5.74, 6) is 0. The van der Waals surface area contributed by atoms with Crippen molar-refractivity contribution in [3.63, 3.8) is 0 Å². The Morgan fingerprint density at radius 2 is 1.72 bits per heavy atom. The Kier molecular flexibility index (Phi) is 5.36. The van der Waals surface area contributed by atoms with Crippen LogP contribution in [0.2, 0.25) is 0 Å². The second-order valence-electron chi connectivity index (χ2n) is 5.41. The second kappa shape index (κ2) is 6.35. The highest BCUT2D eigenvalue weighted by Crippen LogP contribution is 2.23.